The molecule has 0 aromatic heterocycles. The van der Waals surface area contributed by atoms with Crippen molar-refractivity contribution in [1.29, 1.82) is 0 Å². The molecule has 70 valence electrons. The molecule has 0 fully saturated rings. The molecule has 0 aliphatic heterocycles. The quantitative estimate of drug-likeness (QED) is 0.443. The van der Waals surface area contributed by atoms with Crippen LogP contribution >= 0.6 is 23.4 Å². The van der Waals surface area contributed by atoms with E-state index < -0.39 is 4.92 Å². The van der Waals surface area contributed by atoms with Crippen molar-refractivity contribution in [2.24, 2.45) is 0 Å². The van der Waals surface area contributed by atoms with Gasteiger partial charge in [0.15, 0.2) is 0 Å². The maximum atomic E-state index is 10.4. The van der Waals surface area contributed by atoms with Gasteiger partial charge < -0.3 is 0 Å². The number of halogens is 1. The van der Waals surface area contributed by atoms with Crippen molar-refractivity contribution in [2.75, 3.05) is 5.75 Å². The Morgan fingerprint density at radius 1 is 1.62 bits per heavy atom. The summed E-state index contributed by atoms with van der Waals surface area (Å²) in [5.74, 6) is 0.848. The molecule has 1 aromatic carbocycles. The van der Waals surface area contributed by atoms with Gasteiger partial charge in [0, 0.05) is 17.0 Å². The Morgan fingerprint density at radius 2 is 2.31 bits per heavy atom. The molecular weight excluding hydrogens is 210 g/mol. The van der Waals surface area contributed by atoms with Crippen LogP contribution in [-0.4, -0.2) is 10.7 Å². The summed E-state index contributed by atoms with van der Waals surface area (Å²) in [4.78, 5) is 10.8. The number of hydrogen-bond acceptors (Lipinski definition) is 3. The summed E-state index contributed by atoms with van der Waals surface area (Å²) in [6.07, 6.45) is 0. The summed E-state index contributed by atoms with van der Waals surface area (Å²) in [6, 6.07) is 4.45. The van der Waals surface area contributed by atoms with Crippen LogP contribution in [0, 0.1) is 10.1 Å². The smallest absolute Gasteiger partial charge is 0.258 e. The van der Waals surface area contributed by atoms with E-state index in [0.717, 1.165) is 10.6 Å². The third kappa shape index (κ3) is 2.60. The minimum Gasteiger partial charge on any atom is -0.258 e. The highest BCUT2D eigenvalue weighted by Gasteiger charge is 2.08. The van der Waals surface area contributed by atoms with Crippen molar-refractivity contribution in [2.45, 2.75) is 11.8 Å². The average Bonchev–Trinajstić information content (AvgIpc) is 2.08. The molecule has 0 saturated carbocycles. The Bertz CT molecular complexity index is 330. The van der Waals surface area contributed by atoms with E-state index >= 15 is 0 Å². The van der Waals surface area contributed by atoms with Gasteiger partial charge in [-0.1, -0.05) is 18.5 Å². The molecule has 0 N–H and O–H groups in total. The van der Waals surface area contributed by atoms with Crippen molar-refractivity contribution in [1.82, 2.24) is 0 Å². The standard InChI is InChI=1S/C8H8ClNO2S/c1-2-13-8-5-6(10(11)12)3-4-7(8)9/h3-5H,2H2,1H3. The van der Waals surface area contributed by atoms with Crippen LogP contribution in [0.3, 0.4) is 0 Å². The lowest BCUT2D eigenvalue weighted by Crippen LogP contribution is -1.88. The van der Waals surface area contributed by atoms with Gasteiger partial charge >= 0.3 is 0 Å². The third-order valence-electron chi connectivity index (χ3n) is 1.43. The molecule has 0 atom stereocenters. The summed E-state index contributed by atoms with van der Waals surface area (Å²) in [7, 11) is 0. The highest BCUT2D eigenvalue weighted by Crippen LogP contribution is 2.30. The number of nitro benzene ring substituents is 1. The molecule has 1 rings (SSSR count). The highest BCUT2D eigenvalue weighted by atomic mass is 35.5. The van der Waals surface area contributed by atoms with Crippen molar-refractivity contribution < 1.29 is 4.92 Å². The number of thioether (sulfide) groups is 1. The lowest BCUT2D eigenvalue weighted by molar-refractivity contribution is -0.385. The van der Waals surface area contributed by atoms with E-state index in [1.54, 1.807) is 6.07 Å². The largest absolute Gasteiger partial charge is 0.270 e. The lowest BCUT2D eigenvalue weighted by atomic mass is 10.3. The fourth-order valence-electron chi connectivity index (χ4n) is 0.872. The van der Waals surface area contributed by atoms with E-state index in [1.165, 1.54) is 23.9 Å². The second kappa shape index (κ2) is 4.48. The van der Waals surface area contributed by atoms with Crippen molar-refractivity contribution in [3.63, 3.8) is 0 Å². The molecular formula is C8H8ClNO2S. The molecule has 0 saturated heterocycles. The molecule has 3 nitrogen and oxygen atoms in total. The summed E-state index contributed by atoms with van der Waals surface area (Å²) in [5, 5.41) is 11.0. The Kier molecular flexibility index (Phi) is 3.57. The second-order valence-electron chi connectivity index (χ2n) is 2.30. The maximum absolute atomic E-state index is 10.4. The van der Waals surface area contributed by atoms with Gasteiger partial charge in [-0.25, -0.2) is 0 Å². The van der Waals surface area contributed by atoms with Crippen LogP contribution in [0.2, 0.25) is 5.02 Å². The van der Waals surface area contributed by atoms with Crippen molar-refractivity contribution in [3.8, 4) is 0 Å². The van der Waals surface area contributed by atoms with Crippen LogP contribution in [0.4, 0.5) is 5.69 Å². The number of nitrogens with zero attached hydrogens (tertiary/aromatic N) is 1. The van der Waals surface area contributed by atoms with Crippen molar-refractivity contribution >= 4 is 29.1 Å². The van der Waals surface area contributed by atoms with Crippen LogP contribution < -0.4 is 0 Å². The Labute approximate surface area is 85.2 Å². The van der Waals surface area contributed by atoms with E-state index in [4.69, 9.17) is 11.6 Å². The number of non-ortho nitro benzene ring substituents is 1. The zero-order valence-corrected chi connectivity index (χ0v) is 8.56. The van der Waals surface area contributed by atoms with E-state index in [-0.39, 0.29) is 5.69 Å². The van der Waals surface area contributed by atoms with Gasteiger partial charge in [-0.05, 0) is 11.8 Å². The van der Waals surface area contributed by atoms with Gasteiger partial charge in [0.2, 0.25) is 0 Å². The molecule has 1 aromatic rings. The number of benzene rings is 1. The van der Waals surface area contributed by atoms with Crippen LogP contribution in [-0.2, 0) is 0 Å². The van der Waals surface area contributed by atoms with Crippen LogP contribution in [0.15, 0.2) is 23.1 Å². The molecule has 5 heteroatoms. The second-order valence-corrected chi connectivity index (χ2v) is 4.02. The SMILES string of the molecule is CCSc1cc([N+](=O)[O-])ccc1Cl. The molecule has 0 amide bonds. The van der Waals surface area contributed by atoms with E-state index in [1.807, 2.05) is 6.92 Å². The van der Waals surface area contributed by atoms with Crippen LogP contribution in [0.1, 0.15) is 6.92 Å². The van der Waals surface area contributed by atoms with Gasteiger partial charge in [0.05, 0.1) is 9.95 Å². The third-order valence-corrected chi connectivity index (χ3v) is 2.80. The molecule has 0 radical (unpaired) electrons. The molecule has 0 aliphatic carbocycles. The molecule has 13 heavy (non-hydrogen) atoms. The predicted octanol–water partition coefficient (Wildman–Crippen LogP) is 3.36. The fourth-order valence-corrected chi connectivity index (χ4v) is 1.87. The zero-order chi connectivity index (χ0) is 9.84. The first kappa shape index (κ1) is 10.3. The Hall–Kier alpha value is -0.740. The Morgan fingerprint density at radius 3 is 2.85 bits per heavy atom. The van der Waals surface area contributed by atoms with Gasteiger partial charge in [-0.3, -0.25) is 10.1 Å². The zero-order valence-electron chi connectivity index (χ0n) is 6.99. The predicted molar refractivity (Wildman–Crippen MR) is 54.5 cm³/mol. The first-order chi connectivity index (χ1) is 6.15. The van der Waals surface area contributed by atoms with Gasteiger partial charge in [0.1, 0.15) is 0 Å². The number of hydrogen-bond donors (Lipinski definition) is 0. The van der Waals surface area contributed by atoms with E-state index in [2.05, 4.69) is 0 Å². The first-order valence-corrected chi connectivity index (χ1v) is 5.08. The minimum absolute atomic E-state index is 0.0837. The maximum Gasteiger partial charge on any atom is 0.270 e. The first-order valence-electron chi connectivity index (χ1n) is 3.72. The van der Waals surface area contributed by atoms with Gasteiger partial charge in [0.25, 0.3) is 5.69 Å². The summed E-state index contributed by atoms with van der Waals surface area (Å²) in [6.45, 7) is 1.97. The van der Waals surface area contributed by atoms with Crippen LogP contribution in [0.25, 0.3) is 0 Å². The fraction of sp³-hybridized carbons (Fsp3) is 0.250. The molecule has 0 aliphatic rings. The average molecular weight is 218 g/mol. The number of rotatable bonds is 3. The molecule has 0 spiro atoms. The topological polar surface area (TPSA) is 43.1 Å². The lowest BCUT2D eigenvalue weighted by Gasteiger charge is -2.00. The monoisotopic (exact) mass is 217 g/mol. The van der Waals surface area contributed by atoms with Crippen molar-refractivity contribution in [3.05, 3.63) is 33.3 Å². The normalized spacial score (nSPS) is 10.0. The van der Waals surface area contributed by atoms with E-state index in [0.29, 0.717) is 5.02 Å². The Balaban J connectivity index is 3.03. The van der Waals surface area contributed by atoms with Gasteiger partial charge in [-0.15, -0.1) is 11.8 Å². The molecule has 0 heterocycles. The summed E-state index contributed by atoms with van der Waals surface area (Å²) in [5.41, 5.74) is 0.0837. The summed E-state index contributed by atoms with van der Waals surface area (Å²) >= 11 is 7.33. The van der Waals surface area contributed by atoms with Gasteiger partial charge in [-0.2, -0.15) is 0 Å². The highest BCUT2D eigenvalue weighted by molar-refractivity contribution is 7.99. The van der Waals surface area contributed by atoms with E-state index in [9.17, 15) is 10.1 Å². The van der Waals surface area contributed by atoms with Crippen LogP contribution in [0.5, 0.6) is 0 Å². The summed E-state index contributed by atoms with van der Waals surface area (Å²) < 4.78 is 0. The molecule has 0 bridgehead atoms. The molecule has 0 unspecified atom stereocenters. The number of nitro groups is 1. The minimum atomic E-state index is -0.421.